The fourth-order valence-corrected chi connectivity index (χ4v) is 2.54. The van der Waals surface area contributed by atoms with Crippen LogP contribution < -0.4 is 5.32 Å². The van der Waals surface area contributed by atoms with Gasteiger partial charge in [-0.05, 0) is 24.1 Å². The fourth-order valence-electron chi connectivity index (χ4n) is 2.37. The highest BCUT2D eigenvalue weighted by molar-refractivity contribution is 6.31. The molecule has 0 aliphatic carbocycles. The van der Waals surface area contributed by atoms with Gasteiger partial charge in [-0.3, -0.25) is 4.79 Å². The Hall–Kier alpha value is -2.26. The van der Waals surface area contributed by atoms with Crippen molar-refractivity contribution < 1.29 is 14.7 Å². The van der Waals surface area contributed by atoms with Gasteiger partial charge < -0.3 is 15.3 Å². The summed E-state index contributed by atoms with van der Waals surface area (Å²) in [6.07, 6.45) is 0. The minimum absolute atomic E-state index is 0.108. The lowest BCUT2D eigenvalue weighted by atomic mass is 9.99. The maximum absolute atomic E-state index is 12.2. The maximum Gasteiger partial charge on any atom is 0.321 e. The quantitative estimate of drug-likeness (QED) is 0.877. The number of carbonyl (C=O) groups is 2. The Morgan fingerprint density at radius 1 is 1.48 bits per heavy atom. The number of carboxylic acids is 1. The van der Waals surface area contributed by atoms with E-state index in [0.29, 0.717) is 22.8 Å². The van der Waals surface area contributed by atoms with Crippen LogP contribution in [0.25, 0.3) is 0 Å². The Bertz CT molecular complexity index is 626. The molecule has 2 amide bonds. The number of aliphatic carboxylic acids is 1. The van der Waals surface area contributed by atoms with E-state index in [4.69, 9.17) is 22.0 Å². The number of hydrogen-bond acceptors (Lipinski definition) is 3. The summed E-state index contributed by atoms with van der Waals surface area (Å²) in [4.78, 5) is 24.7. The van der Waals surface area contributed by atoms with Gasteiger partial charge in [0.05, 0.1) is 17.2 Å². The fraction of sp³-hybridized carbons (Fsp3) is 0.357. The van der Waals surface area contributed by atoms with Gasteiger partial charge in [0, 0.05) is 18.1 Å². The van der Waals surface area contributed by atoms with Gasteiger partial charge in [0.25, 0.3) is 0 Å². The van der Waals surface area contributed by atoms with Crippen molar-refractivity contribution in [3.8, 4) is 6.07 Å². The molecule has 7 heteroatoms. The summed E-state index contributed by atoms with van der Waals surface area (Å²) >= 11 is 5.85. The number of nitrogens with one attached hydrogen (secondary N) is 1. The van der Waals surface area contributed by atoms with Crippen LogP contribution >= 0.6 is 11.6 Å². The topological polar surface area (TPSA) is 93.4 Å². The second-order valence-corrected chi connectivity index (χ2v) is 5.50. The Morgan fingerprint density at radius 3 is 2.76 bits per heavy atom. The van der Waals surface area contributed by atoms with Crippen molar-refractivity contribution in [3.63, 3.8) is 0 Å². The molecule has 2 rings (SSSR count). The predicted octanol–water partition coefficient (Wildman–Crippen LogP) is 2.40. The lowest BCUT2D eigenvalue weighted by molar-refractivity contribution is -0.142. The number of amides is 2. The molecule has 6 nitrogen and oxygen atoms in total. The largest absolute Gasteiger partial charge is 0.481 e. The second-order valence-electron chi connectivity index (χ2n) is 5.06. The zero-order valence-corrected chi connectivity index (χ0v) is 12.1. The summed E-state index contributed by atoms with van der Waals surface area (Å²) in [5.74, 6) is -1.58. The summed E-state index contributed by atoms with van der Waals surface area (Å²) in [5.41, 5.74) is 0.621. The van der Waals surface area contributed by atoms with E-state index in [-0.39, 0.29) is 12.5 Å². The Labute approximate surface area is 126 Å². The van der Waals surface area contributed by atoms with E-state index in [0.717, 1.165) is 0 Å². The van der Waals surface area contributed by atoms with Crippen molar-refractivity contribution >= 4 is 29.3 Å². The zero-order chi connectivity index (χ0) is 15.6. The Balaban J connectivity index is 2.11. The van der Waals surface area contributed by atoms with Crippen molar-refractivity contribution in [2.75, 3.05) is 18.4 Å². The number of anilines is 1. The first-order chi connectivity index (χ1) is 9.92. The van der Waals surface area contributed by atoms with Crippen molar-refractivity contribution in [2.24, 2.45) is 11.8 Å². The highest BCUT2D eigenvalue weighted by Gasteiger charge is 2.37. The Morgan fingerprint density at radius 2 is 2.19 bits per heavy atom. The average Bonchev–Trinajstić information content (AvgIpc) is 2.81. The van der Waals surface area contributed by atoms with Crippen LogP contribution in [-0.4, -0.2) is 35.1 Å². The molecule has 21 heavy (non-hydrogen) atoms. The molecule has 1 heterocycles. The van der Waals surface area contributed by atoms with Gasteiger partial charge in [-0.2, -0.15) is 5.26 Å². The normalized spacial score (nSPS) is 20.9. The van der Waals surface area contributed by atoms with E-state index in [1.807, 2.05) is 6.07 Å². The van der Waals surface area contributed by atoms with Crippen LogP contribution in [0, 0.1) is 23.2 Å². The van der Waals surface area contributed by atoms with Gasteiger partial charge in [-0.15, -0.1) is 0 Å². The van der Waals surface area contributed by atoms with Gasteiger partial charge in [-0.25, -0.2) is 4.79 Å². The molecule has 1 fully saturated rings. The summed E-state index contributed by atoms with van der Waals surface area (Å²) in [7, 11) is 0. The molecular weight excluding hydrogens is 294 g/mol. The molecule has 0 aromatic heterocycles. The summed E-state index contributed by atoms with van der Waals surface area (Å²) in [6.45, 7) is 2.32. The number of nitrogens with zero attached hydrogens (tertiary/aromatic N) is 2. The molecule has 2 unspecified atom stereocenters. The first kappa shape index (κ1) is 15.1. The summed E-state index contributed by atoms with van der Waals surface area (Å²) in [6, 6.07) is 6.12. The van der Waals surface area contributed by atoms with E-state index in [9.17, 15) is 9.59 Å². The smallest absolute Gasteiger partial charge is 0.321 e. The van der Waals surface area contributed by atoms with Crippen molar-refractivity contribution in [1.82, 2.24) is 4.90 Å². The van der Waals surface area contributed by atoms with Crippen LogP contribution in [0.4, 0.5) is 10.5 Å². The minimum atomic E-state index is -0.904. The third-order valence-corrected chi connectivity index (χ3v) is 3.80. The molecule has 0 radical (unpaired) electrons. The molecule has 1 aliphatic heterocycles. The Kier molecular flexibility index (Phi) is 4.34. The SMILES string of the molecule is CC1CN(C(=O)Nc2cc(Cl)ccc2C#N)CC1C(=O)O. The minimum Gasteiger partial charge on any atom is -0.481 e. The lowest BCUT2D eigenvalue weighted by Crippen LogP contribution is -2.34. The number of urea groups is 1. The van der Waals surface area contributed by atoms with Crippen LogP contribution in [0.3, 0.4) is 0 Å². The molecule has 0 spiro atoms. The highest BCUT2D eigenvalue weighted by Crippen LogP contribution is 2.25. The van der Waals surface area contributed by atoms with Crippen molar-refractivity contribution in [2.45, 2.75) is 6.92 Å². The van der Waals surface area contributed by atoms with E-state index in [1.165, 1.54) is 17.0 Å². The number of carboxylic acid groups (broad SMARTS) is 1. The van der Waals surface area contributed by atoms with Crippen LogP contribution in [-0.2, 0) is 4.79 Å². The van der Waals surface area contributed by atoms with Gasteiger partial charge in [0.2, 0.25) is 0 Å². The van der Waals surface area contributed by atoms with Crippen LogP contribution in [0.1, 0.15) is 12.5 Å². The van der Waals surface area contributed by atoms with Gasteiger partial charge in [0.1, 0.15) is 6.07 Å². The molecule has 0 bridgehead atoms. The number of halogens is 1. The first-order valence-electron chi connectivity index (χ1n) is 6.40. The molecular formula is C14H14ClN3O3. The summed E-state index contributed by atoms with van der Waals surface area (Å²) < 4.78 is 0. The van der Waals surface area contributed by atoms with E-state index in [2.05, 4.69) is 5.32 Å². The molecule has 1 aromatic rings. The number of likely N-dealkylation sites (tertiary alicyclic amines) is 1. The number of benzene rings is 1. The number of hydrogen-bond donors (Lipinski definition) is 2. The van der Waals surface area contributed by atoms with Gasteiger partial charge in [-0.1, -0.05) is 18.5 Å². The zero-order valence-electron chi connectivity index (χ0n) is 11.3. The van der Waals surface area contributed by atoms with Crippen LogP contribution in [0.2, 0.25) is 5.02 Å². The number of rotatable bonds is 2. The van der Waals surface area contributed by atoms with Crippen LogP contribution in [0.5, 0.6) is 0 Å². The molecule has 2 atom stereocenters. The van der Waals surface area contributed by atoms with Crippen molar-refractivity contribution in [1.29, 1.82) is 5.26 Å². The number of carbonyl (C=O) groups excluding carboxylic acids is 1. The standard InChI is InChI=1S/C14H14ClN3O3/c1-8-6-18(7-11(8)13(19)20)14(21)17-12-4-10(15)3-2-9(12)5-16/h2-4,8,11H,6-7H2,1H3,(H,17,21)(H,19,20). The maximum atomic E-state index is 12.2. The third-order valence-electron chi connectivity index (χ3n) is 3.56. The summed E-state index contributed by atoms with van der Waals surface area (Å²) in [5, 5.41) is 21.1. The third kappa shape index (κ3) is 3.26. The average molecular weight is 308 g/mol. The highest BCUT2D eigenvalue weighted by atomic mass is 35.5. The molecule has 110 valence electrons. The molecule has 1 aliphatic rings. The van der Waals surface area contributed by atoms with Crippen LogP contribution in [0.15, 0.2) is 18.2 Å². The molecule has 0 saturated carbocycles. The monoisotopic (exact) mass is 307 g/mol. The second kappa shape index (κ2) is 6.02. The predicted molar refractivity (Wildman–Crippen MR) is 77.0 cm³/mol. The van der Waals surface area contributed by atoms with E-state index >= 15 is 0 Å². The van der Waals surface area contributed by atoms with E-state index < -0.39 is 17.9 Å². The molecule has 2 N–H and O–H groups in total. The molecule has 1 saturated heterocycles. The number of nitriles is 1. The lowest BCUT2D eigenvalue weighted by Gasteiger charge is -2.17. The van der Waals surface area contributed by atoms with Gasteiger partial charge in [0.15, 0.2) is 0 Å². The van der Waals surface area contributed by atoms with E-state index in [1.54, 1.807) is 13.0 Å². The van der Waals surface area contributed by atoms with Crippen molar-refractivity contribution in [3.05, 3.63) is 28.8 Å². The molecule has 1 aromatic carbocycles. The first-order valence-corrected chi connectivity index (χ1v) is 6.78. The van der Waals surface area contributed by atoms with Gasteiger partial charge >= 0.3 is 12.0 Å².